The first-order valence-electron chi connectivity index (χ1n) is 14.0. The average Bonchev–Trinajstić information content (AvgIpc) is 2.98. The molecule has 0 saturated heterocycles. The van der Waals surface area contributed by atoms with Crippen LogP contribution in [-0.4, -0.2) is 14.2 Å². The molecular formula is C34H40N4O2. The van der Waals surface area contributed by atoms with Crippen LogP contribution >= 0.6 is 0 Å². The summed E-state index contributed by atoms with van der Waals surface area (Å²) in [5, 5.41) is 14.3. The molecule has 0 atom stereocenters. The lowest BCUT2D eigenvalue weighted by Gasteiger charge is -2.13. The van der Waals surface area contributed by atoms with E-state index in [1.54, 1.807) is 14.2 Å². The maximum absolute atomic E-state index is 5.58. The van der Waals surface area contributed by atoms with Gasteiger partial charge in [-0.25, -0.2) is 0 Å². The van der Waals surface area contributed by atoms with Crippen molar-refractivity contribution in [3.05, 3.63) is 129 Å². The van der Waals surface area contributed by atoms with Crippen LogP contribution in [0.1, 0.15) is 44.5 Å². The molecule has 0 fully saturated rings. The summed E-state index contributed by atoms with van der Waals surface area (Å²) in [5.41, 5.74) is 9.95. The second-order valence-electron chi connectivity index (χ2n) is 10.4. The van der Waals surface area contributed by atoms with E-state index in [1.165, 1.54) is 44.5 Å². The molecular weight excluding hydrogens is 496 g/mol. The highest BCUT2D eigenvalue weighted by molar-refractivity contribution is 5.36. The molecule has 0 aromatic heterocycles. The molecule has 0 radical (unpaired) electrons. The van der Waals surface area contributed by atoms with Crippen LogP contribution in [0.5, 0.6) is 11.5 Å². The van der Waals surface area contributed by atoms with Crippen LogP contribution in [0.4, 0.5) is 0 Å². The Hall–Kier alpha value is -3.68. The molecule has 4 N–H and O–H groups in total. The molecule has 8 rings (SSSR count). The van der Waals surface area contributed by atoms with Gasteiger partial charge in [0.25, 0.3) is 0 Å². The van der Waals surface area contributed by atoms with Gasteiger partial charge in [-0.2, -0.15) is 0 Å². The first kappa shape index (κ1) is 27.9. The third-order valence-electron chi connectivity index (χ3n) is 7.20. The van der Waals surface area contributed by atoms with Crippen molar-refractivity contribution in [1.82, 2.24) is 21.3 Å². The first-order chi connectivity index (χ1) is 19.7. The fourth-order valence-corrected chi connectivity index (χ4v) is 5.06. The van der Waals surface area contributed by atoms with Crippen molar-refractivity contribution < 1.29 is 9.47 Å². The fraction of sp³-hybridized carbons (Fsp3) is 0.294. The van der Waals surface area contributed by atoms with Crippen LogP contribution in [-0.2, 0) is 52.4 Å². The molecule has 0 spiro atoms. The van der Waals surface area contributed by atoms with Gasteiger partial charge in [-0.15, -0.1) is 0 Å². The van der Waals surface area contributed by atoms with E-state index < -0.39 is 0 Å². The third-order valence-corrected chi connectivity index (χ3v) is 7.20. The Kier molecular flexibility index (Phi) is 9.82. The zero-order valence-electron chi connectivity index (χ0n) is 23.6. The number of hydrogen-bond donors (Lipinski definition) is 4. The van der Waals surface area contributed by atoms with Crippen molar-refractivity contribution in [2.45, 2.75) is 52.4 Å². The molecule has 0 unspecified atom stereocenters. The summed E-state index contributed by atoms with van der Waals surface area (Å²) in [6.45, 7) is 6.39. The standard InChI is InChI=1S/C34H40N4O2/c1-39-33-13-29-11-30(14-33)22-36-18-26-5-9-28(10-6-26)20-38-24-32-12-31(15-34(16-32)40-2)23-37-19-27-7-3-25(4-8-27)17-35-21-29/h3-16,35-38H,17-24H2,1-2H3. The lowest BCUT2D eigenvalue weighted by atomic mass is 10.1. The van der Waals surface area contributed by atoms with Crippen molar-refractivity contribution in [2.24, 2.45) is 0 Å². The number of hydrogen-bond acceptors (Lipinski definition) is 6. The average molecular weight is 537 g/mol. The molecule has 4 heterocycles. The van der Waals surface area contributed by atoms with Crippen molar-refractivity contribution in [1.29, 1.82) is 0 Å². The van der Waals surface area contributed by atoms with Crippen LogP contribution in [0, 0.1) is 0 Å². The lowest BCUT2D eigenvalue weighted by molar-refractivity contribution is 0.413. The van der Waals surface area contributed by atoms with Gasteiger partial charge in [-0.1, -0.05) is 60.7 Å². The predicted octanol–water partition coefficient (Wildman–Crippen LogP) is 5.18. The summed E-state index contributed by atoms with van der Waals surface area (Å²) in [7, 11) is 3.46. The van der Waals surface area contributed by atoms with Crippen molar-refractivity contribution >= 4 is 0 Å². The van der Waals surface area contributed by atoms with E-state index in [-0.39, 0.29) is 0 Å². The lowest BCUT2D eigenvalue weighted by Crippen LogP contribution is -2.16. The minimum absolute atomic E-state index is 0.783. The van der Waals surface area contributed by atoms with Crippen molar-refractivity contribution in [3.63, 3.8) is 0 Å². The van der Waals surface area contributed by atoms with E-state index in [2.05, 4.69) is 106 Å². The van der Waals surface area contributed by atoms with E-state index in [0.29, 0.717) is 0 Å². The maximum atomic E-state index is 5.58. The molecule has 4 aliphatic heterocycles. The summed E-state index contributed by atoms with van der Waals surface area (Å²) in [6.07, 6.45) is 0. The molecule has 4 aromatic rings. The van der Waals surface area contributed by atoms with E-state index in [1.807, 2.05) is 0 Å². The Morgan fingerprint density at radius 3 is 0.800 bits per heavy atom. The zero-order chi connectivity index (χ0) is 27.6. The zero-order valence-corrected chi connectivity index (χ0v) is 23.6. The summed E-state index contributed by atoms with van der Waals surface area (Å²) in [4.78, 5) is 0. The highest BCUT2D eigenvalue weighted by Gasteiger charge is 2.06. The van der Waals surface area contributed by atoms with Crippen molar-refractivity contribution in [3.8, 4) is 11.5 Å². The Morgan fingerprint density at radius 2 is 0.575 bits per heavy atom. The third kappa shape index (κ3) is 8.16. The largest absolute Gasteiger partial charge is 0.497 e. The molecule has 0 saturated carbocycles. The number of rotatable bonds is 2. The molecule has 40 heavy (non-hydrogen) atoms. The minimum Gasteiger partial charge on any atom is -0.497 e. The molecule has 208 valence electrons. The quantitative estimate of drug-likeness (QED) is 0.283. The summed E-state index contributed by atoms with van der Waals surface area (Å²) in [5.74, 6) is 1.78. The SMILES string of the molecule is COc1cc2cc(c1)CNCc1ccc(cc1)CNCc1cc(cc(OC)c1)CNCc1ccc(cc1)CNC2. The van der Waals surface area contributed by atoms with Gasteiger partial charge in [0.1, 0.15) is 11.5 Å². The Morgan fingerprint density at radius 1 is 0.350 bits per heavy atom. The molecule has 0 amide bonds. The molecule has 4 aromatic carbocycles. The second-order valence-corrected chi connectivity index (χ2v) is 10.4. The summed E-state index contributed by atoms with van der Waals surface area (Å²) in [6, 6.07) is 30.6. The van der Waals surface area contributed by atoms with Crippen LogP contribution in [0.2, 0.25) is 0 Å². The monoisotopic (exact) mass is 536 g/mol. The van der Waals surface area contributed by atoms with Crippen LogP contribution in [0.25, 0.3) is 0 Å². The molecule has 6 heteroatoms. The van der Waals surface area contributed by atoms with E-state index in [4.69, 9.17) is 9.47 Å². The van der Waals surface area contributed by atoms with Crippen molar-refractivity contribution in [2.75, 3.05) is 14.2 Å². The van der Waals surface area contributed by atoms with E-state index >= 15 is 0 Å². The molecule has 8 bridgehead atoms. The van der Waals surface area contributed by atoms with Gasteiger partial charge >= 0.3 is 0 Å². The van der Waals surface area contributed by atoms with Crippen LogP contribution < -0.4 is 30.7 Å². The minimum atomic E-state index is 0.783. The smallest absolute Gasteiger partial charge is 0.119 e. The van der Waals surface area contributed by atoms with Gasteiger partial charge in [0.05, 0.1) is 14.2 Å². The molecule has 0 aliphatic carbocycles. The normalized spacial score (nSPS) is 15.1. The fourth-order valence-electron chi connectivity index (χ4n) is 5.06. The van der Waals surface area contributed by atoms with E-state index in [0.717, 1.165) is 63.9 Å². The number of nitrogens with one attached hydrogen (secondary N) is 4. The topological polar surface area (TPSA) is 66.6 Å². The molecule has 4 aliphatic rings. The van der Waals surface area contributed by atoms with Gasteiger partial charge in [0.15, 0.2) is 0 Å². The van der Waals surface area contributed by atoms with Crippen LogP contribution in [0.3, 0.4) is 0 Å². The highest BCUT2D eigenvalue weighted by atomic mass is 16.5. The number of ether oxygens (including phenoxy) is 2. The van der Waals surface area contributed by atoms with Gasteiger partial charge in [0, 0.05) is 52.4 Å². The van der Waals surface area contributed by atoms with Gasteiger partial charge in [0.2, 0.25) is 0 Å². The van der Waals surface area contributed by atoms with Gasteiger partial charge in [-0.3, -0.25) is 0 Å². The number of benzene rings is 4. The van der Waals surface area contributed by atoms with Crippen LogP contribution in [0.15, 0.2) is 84.9 Å². The van der Waals surface area contributed by atoms with Gasteiger partial charge < -0.3 is 30.7 Å². The predicted molar refractivity (Wildman–Crippen MR) is 161 cm³/mol. The Labute approximate surface area is 238 Å². The van der Waals surface area contributed by atoms with E-state index in [9.17, 15) is 0 Å². The second kappa shape index (κ2) is 14.1. The molecule has 6 nitrogen and oxygen atoms in total. The summed E-state index contributed by atoms with van der Waals surface area (Å²) < 4.78 is 11.2. The first-order valence-corrected chi connectivity index (χ1v) is 14.0. The Balaban J connectivity index is 1.31. The number of methoxy groups -OCH3 is 2. The van der Waals surface area contributed by atoms with Gasteiger partial charge in [-0.05, 0) is 68.8 Å². The highest BCUT2D eigenvalue weighted by Crippen LogP contribution is 2.19. The summed E-state index contributed by atoms with van der Waals surface area (Å²) >= 11 is 0. The Bertz CT molecular complexity index is 1170. The maximum Gasteiger partial charge on any atom is 0.119 e.